The summed E-state index contributed by atoms with van der Waals surface area (Å²) in [7, 11) is 1.55. The number of carbonyl (C=O) groups excluding carboxylic acids is 2. The molecule has 1 heterocycles. The van der Waals surface area contributed by atoms with Crippen molar-refractivity contribution in [3.63, 3.8) is 0 Å². The van der Waals surface area contributed by atoms with E-state index >= 15 is 0 Å². The largest absolute Gasteiger partial charge is 0.507 e. The van der Waals surface area contributed by atoms with Crippen LogP contribution in [0.15, 0.2) is 54.1 Å². The summed E-state index contributed by atoms with van der Waals surface area (Å²) in [4.78, 5) is 27.2. The third-order valence-corrected chi connectivity index (χ3v) is 5.12. The fraction of sp³-hybridized carbons (Fsp3) is 0.333. The smallest absolute Gasteiger partial charge is 0.295 e. The molecule has 2 aromatic rings. The molecule has 3 rings (SSSR count). The van der Waals surface area contributed by atoms with Gasteiger partial charge in [-0.25, -0.2) is 0 Å². The van der Waals surface area contributed by atoms with E-state index in [4.69, 9.17) is 19.3 Å². The number of Topliss-reactive ketones (excluding diaryl/α,β-unsaturated/α-hetero) is 1. The Kier molecular flexibility index (Phi) is 7.86. The molecule has 0 spiro atoms. The molecule has 0 bridgehead atoms. The molecule has 32 heavy (non-hydrogen) atoms. The van der Waals surface area contributed by atoms with Crippen LogP contribution < -0.4 is 9.47 Å². The molecule has 2 aromatic carbocycles. The Labute approximate surface area is 186 Å². The molecular formula is C24H27NO7. The SMILES string of the molecule is CCOc1ccc(/C(O)=C2/C(=O)C(=O)N(CCOCCO)C2c2ccc(OC)cc2)cc1. The first-order chi connectivity index (χ1) is 15.5. The molecule has 0 aromatic heterocycles. The van der Waals surface area contributed by atoms with Gasteiger partial charge in [0.15, 0.2) is 0 Å². The van der Waals surface area contributed by atoms with Gasteiger partial charge in [-0.2, -0.15) is 0 Å². The quantitative estimate of drug-likeness (QED) is 0.253. The molecule has 1 atom stereocenters. The number of ether oxygens (including phenoxy) is 3. The summed E-state index contributed by atoms with van der Waals surface area (Å²) in [6.07, 6.45) is 0. The summed E-state index contributed by atoms with van der Waals surface area (Å²) in [5.41, 5.74) is 1.06. The van der Waals surface area contributed by atoms with E-state index in [1.54, 1.807) is 55.6 Å². The summed E-state index contributed by atoms with van der Waals surface area (Å²) in [5, 5.41) is 19.9. The predicted octanol–water partition coefficient (Wildman–Crippen LogP) is 2.52. The second-order valence-electron chi connectivity index (χ2n) is 7.06. The minimum Gasteiger partial charge on any atom is -0.507 e. The molecule has 1 aliphatic heterocycles. The summed E-state index contributed by atoms with van der Waals surface area (Å²) >= 11 is 0. The van der Waals surface area contributed by atoms with Crippen molar-refractivity contribution >= 4 is 17.4 Å². The molecule has 1 fully saturated rings. The van der Waals surface area contributed by atoms with Crippen LogP contribution in [-0.4, -0.2) is 66.9 Å². The Balaban J connectivity index is 2.02. The van der Waals surface area contributed by atoms with E-state index in [1.165, 1.54) is 4.90 Å². The van der Waals surface area contributed by atoms with Crippen LogP contribution in [0.4, 0.5) is 0 Å². The number of ketones is 1. The van der Waals surface area contributed by atoms with Gasteiger partial charge in [-0.1, -0.05) is 12.1 Å². The molecule has 8 nitrogen and oxygen atoms in total. The van der Waals surface area contributed by atoms with Crippen molar-refractivity contribution in [1.82, 2.24) is 4.90 Å². The van der Waals surface area contributed by atoms with E-state index in [-0.39, 0.29) is 37.7 Å². The molecule has 2 N–H and O–H groups in total. The third-order valence-electron chi connectivity index (χ3n) is 5.12. The van der Waals surface area contributed by atoms with Crippen LogP contribution in [-0.2, 0) is 14.3 Å². The van der Waals surface area contributed by atoms with Gasteiger partial charge in [0.2, 0.25) is 0 Å². The highest BCUT2D eigenvalue weighted by atomic mass is 16.5. The Hall–Kier alpha value is -3.36. The number of carbonyl (C=O) groups is 2. The minimum absolute atomic E-state index is 0.00600. The van der Waals surface area contributed by atoms with Gasteiger partial charge in [0.25, 0.3) is 11.7 Å². The number of aliphatic hydroxyl groups is 2. The number of methoxy groups -OCH3 is 1. The molecule has 0 aliphatic carbocycles. The Bertz CT molecular complexity index is 967. The van der Waals surface area contributed by atoms with Gasteiger partial charge in [-0.3, -0.25) is 9.59 Å². The zero-order valence-corrected chi connectivity index (χ0v) is 18.1. The van der Waals surface area contributed by atoms with Crippen LogP contribution >= 0.6 is 0 Å². The van der Waals surface area contributed by atoms with Gasteiger partial charge in [-0.15, -0.1) is 0 Å². The van der Waals surface area contributed by atoms with Gasteiger partial charge in [0.1, 0.15) is 17.3 Å². The van der Waals surface area contributed by atoms with Crippen LogP contribution in [0, 0.1) is 0 Å². The van der Waals surface area contributed by atoms with Crippen LogP contribution in [0.25, 0.3) is 5.76 Å². The lowest BCUT2D eigenvalue weighted by Crippen LogP contribution is -2.33. The third kappa shape index (κ3) is 4.92. The fourth-order valence-electron chi connectivity index (χ4n) is 3.60. The van der Waals surface area contributed by atoms with Crippen LogP contribution in [0.2, 0.25) is 0 Å². The fourth-order valence-corrected chi connectivity index (χ4v) is 3.60. The first-order valence-electron chi connectivity index (χ1n) is 10.4. The molecular weight excluding hydrogens is 414 g/mol. The lowest BCUT2D eigenvalue weighted by molar-refractivity contribution is -0.140. The summed E-state index contributed by atoms with van der Waals surface area (Å²) in [6, 6.07) is 12.9. The minimum atomic E-state index is -0.787. The number of aliphatic hydroxyl groups excluding tert-OH is 2. The van der Waals surface area contributed by atoms with Crippen molar-refractivity contribution in [3.8, 4) is 11.5 Å². The first kappa shape index (κ1) is 23.3. The lowest BCUT2D eigenvalue weighted by Gasteiger charge is -2.25. The van der Waals surface area contributed by atoms with Crippen LogP contribution in [0.5, 0.6) is 11.5 Å². The van der Waals surface area contributed by atoms with Crippen molar-refractivity contribution in [2.24, 2.45) is 0 Å². The number of hydrogen-bond donors (Lipinski definition) is 2. The van der Waals surface area contributed by atoms with E-state index in [9.17, 15) is 14.7 Å². The number of rotatable bonds is 10. The summed E-state index contributed by atoms with van der Waals surface area (Å²) in [5.74, 6) is -0.475. The topological polar surface area (TPSA) is 106 Å². The number of hydrogen-bond acceptors (Lipinski definition) is 7. The molecule has 1 aliphatic rings. The van der Waals surface area contributed by atoms with E-state index in [2.05, 4.69) is 0 Å². The molecule has 1 unspecified atom stereocenters. The van der Waals surface area contributed by atoms with Crippen molar-refractivity contribution in [1.29, 1.82) is 0 Å². The molecule has 170 valence electrons. The van der Waals surface area contributed by atoms with Gasteiger partial charge in [0.05, 0.1) is 45.2 Å². The Morgan fingerprint density at radius 1 is 1.00 bits per heavy atom. The monoisotopic (exact) mass is 441 g/mol. The van der Waals surface area contributed by atoms with Crippen molar-refractivity contribution in [2.45, 2.75) is 13.0 Å². The van der Waals surface area contributed by atoms with E-state index in [0.29, 0.717) is 29.2 Å². The van der Waals surface area contributed by atoms with Crippen LogP contribution in [0.1, 0.15) is 24.1 Å². The standard InChI is InChI=1S/C24H27NO7/c1-3-32-19-10-6-17(7-11-19)22(27)20-21(16-4-8-18(30-2)9-5-16)25(24(29)23(20)28)12-14-31-15-13-26/h4-11,21,26-27H,3,12-15H2,1-2H3/b22-20-. The molecule has 1 saturated heterocycles. The van der Waals surface area contributed by atoms with E-state index in [0.717, 1.165) is 0 Å². The van der Waals surface area contributed by atoms with Crippen molar-refractivity contribution in [2.75, 3.05) is 40.1 Å². The predicted molar refractivity (Wildman–Crippen MR) is 118 cm³/mol. The Morgan fingerprint density at radius 3 is 2.25 bits per heavy atom. The van der Waals surface area contributed by atoms with Gasteiger partial charge in [0, 0.05) is 12.1 Å². The maximum Gasteiger partial charge on any atom is 0.295 e. The lowest BCUT2D eigenvalue weighted by atomic mass is 9.95. The maximum absolute atomic E-state index is 13.0. The molecule has 0 saturated carbocycles. The highest BCUT2D eigenvalue weighted by Gasteiger charge is 2.45. The molecule has 0 radical (unpaired) electrons. The normalized spacial score (nSPS) is 17.6. The van der Waals surface area contributed by atoms with Gasteiger partial charge in [-0.05, 0) is 48.9 Å². The first-order valence-corrected chi connectivity index (χ1v) is 10.4. The van der Waals surface area contributed by atoms with Crippen molar-refractivity contribution < 1.29 is 34.0 Å². The zero-order valence-electron chi connectivity index (χ0n) is 18.1. The molecule has 1 amide bonds. The number of amides is 1. The van der Waals surface area contributed by atoms with E-state index in [1.807, 2.05) is 6.92 Å². The summed E-state index contributed by atoms with van der Waals surface area (Å²) < 4.78 is 15.9. The Morgan fingerprint density at radius 2 is 1.66 bits per heavy atom. The average Bonchev–Trinajstić information content (AvgIpc) is 3.07. The zero-order chi connectivity index (χ0) is 23.1. The summed E-state index contributed by atoms with van der Waals surface area (Å²) in [6.45, 7) is 2.63. The molecule has 8 heteroatoms. The number of nitrogens with zero attached hydrogens (tertiary/aromatic N) is 1. The second-order valence-corrected chi connectivity index (χ2v) is 7.06. The number of likely N-dealkylation sites (tertiary alicyclic amines) is 1. The van der Waals surface area contributed by atoms with E-state index < -0.39 is 17.7 Å². The maximum atomic E-state index is 13.0. The van der Waals surface area contributed by atoms with Crippen LogP contribution in [0.3, 0.4) is 0 Å². The van der Waals surface area contributed by atoms with Gasteiger partial charge < -0.3 is 29.3 Å². The van der Waals surface area contributed by atoms with Gasteiger partial charge >= 0.3 is 0 Å². The number of benzene rings is 2. The highest BCUT2D eigenvalue weighted by Crippen LogP contribution is 2.39. The average molecular weight is 441 g/mol. The highest BCUT2D eigenvalue weighted by molar-refractivity contribution is 6.46. The van der Waals surface area contributed by atoms with Crippen molar-refractivity contribution in [3.05, 3.63) is 65.2 Å². The second kappa shape index (κ2) is 10.8.